The fourth-order valence-corrected chi connectivity index (χ4v) is 1.48. The molecule has 2 aromatic rings. The summed E-state index contributed by atoms with van der Waals surface area (Å²) >= 11 is 5.97. The summed E-state index contributed by atoms with van der Waals surface area (Å²) in [5.41, 5.74) is 4.49. The Hall–Kier alpha value is -2.00. The summed E-state index contributed by atoms with van der Waals surface area (Å²) in [6, 6.07) is 14.1. The van der Waals surface area contributed by atoms with E-state index < -0.39 is 0 Å². The van der Waals surface area contributed by atoms with E-state index in [0.29, 0.717) is 5.02 Å². The van der Waals surface area contributed by atoms with E-state index in [-0.39, 0.29) is 5.75 Å². The van der Waals surface area contributed by atoms with E-state index in [1.165, 1.54) is 0 Å². The van der Waals surface area contributed by atoms with Crippen LogP contribution in [0.25, 0.3) is 0 Å². The molecule has 0 aliphatic carbocycles. The number of nitrogens with one attached hydrogen (secondary N) is 1. The first-order chi connectivity index (χ1) is 8.25. The minimum atomic E-state index is 0.227. The third-order valence-electron chi connectivity index (χ3n) is 2.17. The second kappa shape index (κ2) is 5.37. The molecule has 0 aliphatic rings. The van der Waals surface area contributed by atoms with Crippen LogP contribution in [0.4, 0.5) is 5.69 Å². The molecule has 2 N–H and O–H groups in total. The lowest BCUT2D eigenvalue weighted by molar-refractivity contribution is 0.475. The number of aromatic hydroxyl groups is 1. The summed E-state index contributed by atoms with van der Waals surface area (Å²) in [7, 11) is 0. The van der Waals surface area contributed by atoms with Gasteiger partial charge in [-0.1, -0.05) is 29.8 Å². The fourth-order valence-electron chi connectivity index (χ4n) is 1.29. The van der Waals surface area contributed by atoms with E-state index >= 15 is 0 Å². The molecule has 0 saturated carbocycles. The maximum atomic E-state index is 9.11. The maximum absolute atomic E-state index is 9.11. The number of rotatable bonds is 3. The average molecular weight is 247 g/mol. The predicted octanol–water partition coefficient (Wildman–Crippen LogP) is 3.49. The van der Waals surface area contributed by atoms with Crippen molar-refractivity contribution in [1.82, 2.24) is 0 Å². The second-order valence-corrected chi connectivity index (χ2v) is 3.85. The molecular formula is C13H11ClN2O. The molecule has 0 spiro atoms. The zero-order valence-corrected chi connectivity index (χ0v) is 9.72. The number of anilines is 1. The van der Waals surface area contributed by atoms with Gasteiger partial charge in [0.25, 0.3) is 0 Å². The smallest absolute Gasteiger partial charge is 0.115 e. The molecule has 86 valence electrons. The average Bonchev–Trinajstić information content (AvgIpc) is 2.34. The molecule has 0 aliphatic heterocycles. The van der Waals surface area contributed by atoms with E-state index in [2.05, 4.69) is 10.5 Å². The quantitative estimate of drug-likeness (QED) is 0.495. The Kier molecular flexibility index (Phi) is 3.62. The molecule has 4 heteroatoms. The Labute approximate surface area is 104 Å². The Balaban J connectivity index is 2.03. The molecule has 0 fully saturated rings. The first-order valence-electron chi connectivity index (χ1n) is 5.08. The van der Waals surface area contributed by atoms with Crippen molar-refractivity contribution in [1.29, 1.82) is 0 Å². The number of hydrazone groups is 1. The van der Waals surface area contributed by atoms with Gasteiger partial charge in [0.2, 0.25) is 0 Å². The first-order valence-corrected chi connectivity index (χ1v) is 5.46. The van der Waals surface area contributed by atoms with Crippen LogP contribution >= 0.6 is 11.6 Å². The highest BCUT2D eigenvalue weighted by molar-refractivity contribution is 6.33. The van der Waals surface area contributed by atoms with Crippen molar-refractivity contribution >= 4 is 23.5 Å². The van der Waals surface area contributed by atoms with E-state index in [0.717, 1.165) is 11.3 Å². The van der Waals surface area contributed by atoms with Crippen LogP contribution in [-0.4, -0.2) is 11.3 Å². The van der Waals surface area contributed by atoms with Crippen molar-refractivity contribution < 1.29 is 5.11 Å². The topological polar surface area (TPSA) is 44.6 Å². The van der Waals surface area contributed by atoms with Gasteiger partial charge < -0.3 is 5.11 Å². The molecule has 0 amide bonds. The monoisotopic (exact) mass is 246 g/mol. The van der Waals surface area contributed by atoms with E-state index in [1.54, 1.807) is 30.5 Å². The van der Waals surface area contributed by atoms with Crippen molar-refractivity contribution in [3.8, 4) is 5.75 Å². The van der Waals surface area contributed by atoms with Gasteiger partial charge in [-0.05, 0) is 30.3 Å². The highest BCUT2D eigenvalue weighted by Gasteiger charge is 1.94. The fraction of sp³-hybridized carbons (Fsp3) is 0. The van der Waals surface area contributed by atoms with Gasteiger partial charge in [-0.25, -0.2) is 0 Å². The van der Waals surface area contributed by atoms with Crippen LogP contribution in [0.2, 0.25) is 5.02 Å². The molecule has 0 radical (unpaired) electrons. The van der Waals surface area contributed by atoms with Crippen LogP contribution in [0, 0.1) is 0 Å². The van der Waals surface area contributed by atoms with Crippen molar-refractivity contribution in [2.45, 2.75) is 0 Å². The van der Waals surface area contributed by atoms with Crippen LogP contribution in [0.15, 0.2) is 53.6 Å². The predicted molar refractivity (Wildman–Crippen MR) is 70.8 cm³/mol. The minimum absolute atomic E-state index is 0.227. The largest absolute Gasteiger partial charge is 0.508 e. The number of hydrogen-bond acceptors (Lipinski definition) is 3. The summed E-state index contributed by atoms with van der Waals surface area (Å²) in [5, 5.41) is 13.8. The number of nitrogens with zero attached hydrogens (tertiary/aromatic N) is 1. The summed E-state index contributed by atoms with van der Waals surface area (Å²) < 4.78 is 0. The Morgan fingerprint density at radius 1 is 1.06 bits per heavy atom. The summed E-state index contributed by atoms with van der Waals surface area (Å²) in [4.78, 5) is 0. The number of phenols is 1. The minimum Gasteiger partial charge on any atom is -0.508 e. The molecule has 3 nitrogen and oxygen atoms in total. The number of benzene rings is 2. The highest BCUT2D eigenvalue weighted by Crippen LogP contribution is 2.14. The maximum Gasteiger partial charge on any atom is 0.115 e. The molecule has 2 aromatic carbocycles. The van der Waals surface area contributed by atoms with Gasteiger partial charge in [-0.3, -0.25) is 5.43 Å². The van der Waals surface area contributed by atoms with Gasteiger partial charge >= 0.3 is 0 Å². The third kappa shape index (κ3) is 3.23. The van der Waals surface area contributed by atoms with Crippen molar-refractivity contribution in [3.05, 3.63) is 59.1 Å². The summed E-state index contributed by atoms with van der Waals surface area (Å²) in [6.07, 6.45) is 1.65. The first kappa shape index (κ1) is 11.5. The number of hydrogen-bond donors (Lipinski definition) is 2. The lowest BCUT2D eigenvalue weighted by Crippen LogP contribution is -1.90. The summed E-state index contributed by atoms with van der Waals surface area (Å²) in [6.45, 7) is 0. The number of phenolic OH excluding ortho intramolecular Hbond substituents is 1. The Morgan fingerprint density at radius 3 is 2.47 bits per heavy atom. The van der Waals surface area contributed by atoms with Crippen LogP contribution in [0.5, 0.6) is 5.75 Å². The highest BCUT2D eigenvalue weighted by atomic mass is 35.5. The van der Waals surface area contributed by atoms with E-state index in [9.17, 15) is 0 Å². The Morgan fingerprint density at radius 2 is 1.76 bits per heavy atom. The van der Waals surface area contributed by atoms with Crippen molar-refractivity contribution in [2.75, 3.05) is 5.43 Å². The van der Waals surface area contributed by atoms with Gasteiger partial charge in [0.1, 0.15) is 5.75 Å². The standard InChI is InChI=1S/C13H11ClN2O/c14-13-4-2-1-3-10(13)9-15-16-11-5-7-12(17)8-6-11/h1-9,16-17H/b15-9-. The molecule has 2 rings (SSSR count). The van der Waals surface area contributed by atoms with E-state index in [1.807, 2.05) is 24.3 Å². The molecule has 0 heterocycles. The normalized spacial score (nSPS) is 10.6. The second-order valence-electron chi connectivity index (χ2n) is 3.44. The lowest BCUT2D eigenvalue weighted by Gasteiger charge is -2.00. The lowest BCUT2D eigenvalue weighted by atomic mass is 10.2. The van der Waals surface area contributed by atoms with Gasteiger partial charge in [0, 0.05) is 10.6 Å². The summed E-state index contributed by atoms with van der Waals surface area (Å²) in [5.74, 6) is 0.227. The van der Waals surface area contributed by atoms with Crippen molar-refractivity contribution in [2.24, 2.45) is 5.10 Å². The SMILES string of the molecule is Oc1ccc(N/N=C\c2ccccc2Cl)cc1. The van der Waals surface area contributed by atoms with Crippen LogP contribution in [0.3, 0.4) is 0 Å². The number of halogens is 1. The molecule has 0 bridgehead atoms. The molecule has 0 atom stereocenters. The zero-order chi connectivity index (χ0) is 12.1. The molecular weight excluding hydrogens is 236 g/mol. The molecule has 0 unspecified atom stereocenters. The van der Waals surface area contributed by atoms with Crippen molar-refractivity contribution in [3.63, 3.8) is 0 Å². The van der Waals surface area contributed by atoms with Gasteiger partial charge in [0.05, 0.1) is 11.9 Å². The molecule has 17 heavy (non-hydrogen) atoms. The Bertz CT molecular complexity index is 523. The van der Waals surface area contributed by atoms with Crippen LogP contribution in [-0.2, 0) is 0 Å². The van der Waals surface area contributed by atoms with Gasteiger partial charge in [-0.15, -0.1) is 0 Å². The zero-order valence-electron chi connectivity index (χ0n) is 8.97. The molecule has 0 aromatic heterocycles. The van der Waals surface area contributed by atoms with Gasteiger partial charge in [-0.2, -0.15) is 5.10 Å². The van der Waals surface area contributed by atoms with E-state index in [4.69, 9.17) is 16.7 Å². The molecule has 0 saturated heterocycles. The third-order valence-corrected chi connectivity index (χ3v) is 2.51. The van der Waals surface area contributed by atoms with Crippen LogP contribution in [0.1, 0.15) is 5.56 Å². The van der Waals surface area contributed by atoms with Gasteiger partial charge in [0.15, 0.2) is 0 Å². The van der Waals surface area contributed by atoms with Crippen LogP contribution < -0.4 is 5.43 Å².